The molecule has 0 amide bonds. The Balaban J connectivity index is 1.52. The van der Waals surface area contributed by atoms with E-state index in [2.05, 4.69) is 80.5 Å². The number of hydrogen-bond acceptors (Lipinski definition) is 2. The van der Waals surface area contributed by atoms with E-state index in [1.165, 1.54) is 71.2 Å². The Labute approximate surface area is 189 Å². The van der Waals surface area contributed by atoms with E-state index in [4.69, 9.17) is 0 Å². The van der Waals surface area contributed by atoms with Gasteiger partial charge in [0.15, 0.2) is 0 Å². The van der Waals surface area contributed by atoms with Crippen LogP contribution < -0.4 is 5.32 Å². The Morgan fingerprint density at radius 1 is 0.935 bits per heavy atom. The van der Waals surface area contributed by atoms with Gasteiger partial charge in [-0.3, -0.25) is 0 Å². The zero-order valence-electron chi connectivity index (χ0n) is 19.6. The average molecular weight is 415 g/mol. The molecule has 2 aromatic rings. The smallest absolute Gasteiger partial charge is 0.0369 e. The summed E-state index contributed by atoms with van der Waals surface area (Å²) in [5.74, 6) is 1.35. The van der Waals surface area contributed by atoms with Crippen molar-refractivity contribution in [1.29, 1.82) is 0 Å². The van der Waals surface area contributed by atoms with Crippen LogP contribution in [0.1, 0.15) is 84.2 Å². The molecule has 0 aromatic heterocycles. The van der Waals surface area contributed by atoms with Crippen molar-refractivity contribution < 1.29 is 0 Å². The highest BCUT2D eigenvalue weighted by molar-refractivity contribution is 5.74. The van der Waals surface area contributed by atoms with Crippen LogP contribution in [0.5, 0.6) is 0 Å². The van der Waals surface area contributed by atoms with Crippen molar-refractivity contribution in [1.82, 2.24) is 10.2 Å². The number of hydrogen-bond donors (Lipinski definition) is 1. The molecule has 1 saturated heterocycles. The summed E-state index contributed by atoms with van der Waals surface area (Å²) in [7, 11) is 0. The van der Waals surface area contributed by atoms with Gasteiger partial charge in [-0.05, 0) is 81.0 Å². The van der Waals surface area contributed by atoms with Gasteiger partial charge in [0.1, 0.15) is 0 Å². The van der Waals surface area contributed by atoms with Gasteiger partial charge in [0.05, 0.1) is 0 Å². The minimum absolute atomic E-state index is 0.663. The number of nitrogens with zero attached hydrogens (tertiary/aromatic N) is 1. The molecule has 164 valence electrons. The van der Waals surface area contributed by atoms with Crippen LogP contribution in [0.25, 0.3) is 11.4 Å². The molecule has 2 aromatic carbocycles. The van der Waals surface area contributed by atoms with Gasteiger partial charge in [0, 0.05) is 42.2 Å². The van der Waals surface area contributed by atoms with Crippen molar-refractivity contribution >= 4 is 11.4 Å². The van der Waals surface area contributed by atoms with Crippen molar-refractivity contribution in [2.24, 2.45) is 0 Å². The molecule has 1 aliphatic heterocycles. The topological polar surface area (TPSA) is 15.3 Å². The van der Waals surface area contributed by atoms with E-state index in [0.29, 0.717) is 11.8 Å². The minimum atomic E-state index is 0.663. The number of likely N-dealkylation sites (tertiary alicyclic amines) is 1. The first-order chi connectivity index (χ1) is 15.0. The zero-order chi connectivity index (χ0) is 22.0. The lowest BCUT2D eigenvalue weighted by atomic mass is 9.76. The van der Waals surface area contributed by atoms with Crippen molar-refractivity contribution in [3.63, 3.8) is 0 Å². The number of benzene rings is 2. The molecular formula is C29H38N2. The summed E-state index contributed by atoms with van der Waals surface area (Å²) in [4.78, 5) is 2.50. The molecule has 2 nitrogen and oxygen atoms in total. The van der Waals surface area contributed by atoms with Crippen LogP contribution in [-0.2, 0) is 0 Å². The normalized spacial score (nSPS) is 17.3. The second-order valence-corrected chi connectivity index (χ2v) is 9.51. The molecule has 2 heteroatoms. The average Bonchev–Trinajstić information content (AvgIpc) is 2.73. The third-order valence-electron chi connectivity index (χ3n) is 7.39. The fourth-order valence-corrected chi connectivity index (χ4v) is 5.16. The van der Waals surface area contributed by atoms with Crippen molar-refractivity contribution in [3.05, 3.63) is 82.9 Å². The fourth-order valence-electron chi connectivity index (χ4n) is 5.16. The van der Waals surface area contributed by atoms with Gasteiger partial charge in [-0.1, -0.05) is 55.5 Å². The van der Waals surface area contributed by atoms with Crippen molar-refractivity contribution in [2.75, 3.05) is 19.6 Å². The second-order valence-electron chi connectivity index (χ2n) is 9.51. The predicted octanol–water partition coefficient (Wildman–Crippen LogP) is 7.00. The number of piperidine rings is 1. The molecular weight excluding hydrogens is 376 g/mol. The van der Waals surface area contributed by atoms with E-state index in [0.717, 1.165) is 25.3 Å². The number of rotatable bonds is 7. The summed E-state index contributed by atoms with van der Waals surface area (Å²) in [6.07, 6.45) is 6.34. The standard InChI is InChI=1S/C29H38N2/c1-6-30-22(4)28-19-27(21(3)18-29(28)26-8-7-9-26)23(5)31-16-14-25(15-17-31)24-12-10-20(2)11-13-24/h10-13,18-19,25-26,30H,4-9,14-17H2,1-3H3. The first-order valence-corrected chi connectivity index (χ1v) is 12.1. The van der Waals surface area contributed by atoms with Crippen molar-refractivity contribution in [3.8, 4) is 0 Å². The Morgan fingerprint density at radius 3 is 2.19 bits per heavy atom. The Hall–Kier alpha value is -2.48. The molecule has 0 unspecified atom stereocenters. The van der Waals surface area contributed by atoms with Gasteiger partial charge < -0.3 is 10.2 Å². The zero-order valence-corrected chi connectivity index (χ0v) is 19.6. The molecule has 1 saturated carbocycles. The summed E-state index contributed by atoms with van der Waals surface area (Å²) in [5, 5.41) is 3.46. The van der Waals surface area contributed by atoms with E-state index >= 15 is 0 Å². The molecule has 0 spiro atoms. The Kier molecular flexibility index (Phi) is 6.55. The van der Waals surface area contributed by atoms with E-state index in [9.17, 15) is 0 Å². The SMILES string of the molecule is C=C(NCC)c1cc(C(=C)N2CCC(c3ccc(C)cc3)CC2)c(C)cc1C1CCC1. The highest BCUT2D eigenvalue weighted by Crippen LogP contribution is 2.41. The highest BCUT2D eigenvalue weighted by Gasteiger charge is 2.26. The molecule has 0 radical (unpaired) electrons. The third-order valence-corrected chi connectivity index (χ3v) is 7.39. The van der Waals surface area contributed by atoms with Crippen LogP contribution in [-0.4, -0.2) is 24.5 Å². The molecule has 0 bridgehead atoms. The van der Waals surface area contributed by atoms with Crippen LogP contribution in [0.4, 0.5) is 0 Å². The second kappa shape index (κ2) is 9.34. The van der Waals surface area contributed by atoms with Crippen LogP contribution >= 0.6 is 0 Å². The van der Waals surface area contributed by atoms with Gasteiger partial charge in [0.2, 0.25) is 0 Å². The maximum absolute atomic E-state index is 4.55. The molecule has 1 aliphatic carbocycles. The molecule has 0 atom stereocenters. The van der Waals surface area contributed by atoms with Gasteiger partial charge in [-0.25, -0.2) is 0 Å². The highest BCUT2D eigenvalue weighted by atomic mass is 15.1. The number of nitrogens with one attached hydrogen (secondary N) is 1. The maximum atomic E-state index is 4.55. The lowest BCUT2D eigenvalue weighted by Crippen LogP contribution is -2.31. The monoisotopic (exact) mass is 414 g/mol. The molecule has 31 heavy (non-hydrogen) atoms. The van der Waals surface area contributed by atoms with E-state index in [1.54, 1.807) is 0 Å². The lowest BCUT2D eigenvalue weighted by molar-refractivity contribution is 0.299. The molecule has 4 rings (SSSR count). The van der Waals surface area contributed by atoms with Crippen LogP contribution in [0.2, 0.25) is 0 Å². The molecule has 2 fully saturated rings. The van der Waals surface area contributed by atoms with Crippen molar-refractivity contribution in [2.45, 2.75) is 64.7 Å². The van der Waals surface area contributed by atoms with Crippen LogP contribution in [0.3, 0.4) is 0 Å². The summed E-state index contributed by atoms with van der Waals surface area (Å²) >= 11 is 0. The first kappa shape index (κ1) is 21.7. The largest absolute Gasteiger partial charge is 0.385 e. The van der Waals surface area contributed by atoms with Gasteiger partial charge >= 0.3 is 0 Å². The van der Waals surface area contributed by atoms with Gasteiger partial charge in [-0.2, -0.15) is 0 Å². The van der Waals surface area contributed by atoms with Crippen LogP contribution in [0.15, 0.2) is 49.6 Å². The minimum Gasteiger partial charge on any atom is -0.385 e. The molecule has 2 aliphatic rings. The molecule has 1 heterocycles. The predicted molar refractivity (Wildman–Crippen MR) is 134 cm³/mol. The fraction of sp³-hybridized carbons (Fsp3) is 0.448. The Morgan fingerprint density at radius 2 is 1.61 bits per heavy atom. The quantitative estimate of drug-likeness (QED) is 0.524. The summed E-state index contributed by atoms with van der Waals surface area (Å²) in [6, 6.07) is 13.9. The summed E-state index contributed by atoms with van der Waals surface area (Å²) in [5.41, 5.74) is 10.5. The first-order valence-electron chi connectivity index (χ1n) is 12.1. The third kappa shape index (κ3) is 4.59. The number of aryl methyl sites for hydroxylation is 2. The van der Waals surface area contributed by atoms with E-state index in [-0.39, 0.29) is 0 Å². The van der Waals surface area contributed by atoms with E-state index in [1.807, 2.05) is 0 Å². The maximum Gasteiger partial charge on any atom is 0.0369 e. The molecule has 1 N–H and O–H groups in total. The Bertz CT molecular complexity index is 941. The van der Waals surface area contributed by atoms with Crippen LogP contribution in [0, 0.1) is 13.8 Å². The summed E-state index contributed by atoms with van der Waals surface area (Å²) < 4.78 is 0. The van der Waals surface area contributed by atoms with Gasteiger partial charge in [0.25, 0.3) is 0 Å². The summed E-state index contributed by atoms with van der Waals surface area (Å²) in [6.45, 7) is 18.5. The lowest BCUT2D eigenvalue weighted by Gasteiger charge is -2.36. The van der Waals surface area contributed by atoms with E-state index < -0.39 is 0 Å². The van der Waals surface area contributed by atoms with Gasteiger partial charge in [-0.15, -0.1) is 0 Å².